The summed E-state index contributed by atoms with van der Waals surface area (Å²) in [7, 11) is 1.61. The Morgan fingerprint density at radius 3 is 2.57 bits per heavy atom. The number of nitrogen functional groups attached to an aromatic ring is 1. The second-order valence-electron chi connectivity index (χ2n) is 5.14. The minimum atomic E-state index is 0.514. The summed E-state index contributed by atoms with van der Waals surface area (Å²) in [5.74, 6) is 1.46. The Morgan fingerprint density at radius 1 is 0.957 bits per heavy atom. The summed E-state index contributed by atoms with van der Waals surface area (Å²) in [6.07, 6.45) is 3.42. The molecule has 3 aromatic rings. The van der Waals surface area contributed by atoms with Crippen molar-refractivity contribution in [2.45, 2.75) is 6.61 Å². The van der Waals surface area contributed by atoms with Crippen LogP contribution in [0.2, 0.25) is 0 Å². The molecule has 0 aliphatic heterocycles. The molecule has 0 amide bonds. The van der Waals surface area contributed by atoms with E-state index in [1.807, 2.05) is 54.6 Å². The van der Waals surface area contributed by atoms with E-state index in [0.717, 1.165) is 22.4 Å². The van der Waals surface area contributed by atoms with Crippen molar-refractivity contribution in [3.8, 4) is 22.6 Å². The van der Waals surface area contributed by atoms with Crippen molar-refractivity contribution in [2.75, 3.05) is 12.8 Å². The molecule has 0 radical (unpaired) electrons. The molecule has 0 saturated carbocycles. The highest BCUT2D eigenvalue weighted by Gasteiger charge is 2.07. The maximum Gasteiger partial charge on any atom is 0.137 e. The number of hydrogen-bond donors (Lipinski definition) is 1. The van der Waals surface area contributed by atoms with Crippen molar-refractivity contribution in [1.29, 1.82) is 0 Å². The first-order valence-corrected chi connectivity index (χ1v) is 7.32. The number of anilines is 1. The average Bonchev–Trinajstić information content (AvgIpc) is 2.62. The van der Waals surface area contributed by atoms with Gasteiger partial charge in [-0.1, -0.05) is 30.3 Å². The Labute approximate surface area is 135 Å². The maximum absolute atomic E-state index is 6.10. The summed E-state index contributed by atoms with van der Waals surface area (Å²) < 4.78 is 11.1. The smallest absolute Gasteiger partial charge is 0.137 e. The van der Waals surface area contributed by atoms with Crippen LogP contribution in [-0.4, -0.2) is 12.1 Å². The number of hydrogen-bond acceptors (Lipinski definition) is 4. The Balaban J connectivity index is 1.84. The molecule has 1 heterocycles. The van der Waals surface area contributed by atoms with E-state index in [4.69, 9.17) is 15.2 Å². The number of nitrogens with two attached hydrogens (primary N) is 1. The lowest BCUT2D eigenvalue weighted by atomic mass is 10.1. The Bertz CT molecular complexity index is 788. The monoisotopic (exact) mass is 306 g/mol. The molecule has 0 unspecified atom stereocenters. The zero-order valence-electron chi connectivity index (χ0n) is 12.9. The van der Waals surface area contributed by atoms with Crippen molar-refractivity contribution < 1.29 is 9.47 Å². The van der Waals surface area contributed by atoms with Crippen molar-refractivity contribution in [3.05, 3.63) is 72.6 Å². The minimum absolute atomic E-state index is 0.514. The molecule has 0 spiro atoms. The molecule has 0 saturated heterocycles. The van der Waals surface area contributed by atoms with E-state index >= 15 is 0 Å². The molecule has 1 aromatic heterocycles. The van der Waals surface area contributed by atoms with Crippen LogP contribution in [0.3, 0.4) is 0 Å². The lowest BCUT2D eigenvalue weighted by molar-refractivity contribution is 0.306. The van der Waals surface area contributed by atoms with Crippen molar-refractivity contribution in [1.82, 2.24) is 4.98 Å². The van der Waals surface area contributed by atoms with Gasteiger partial charge in [-0.25, -0.2) is 0 Å². The van der Waals surface area contributed by atoms with Gasteiger partial charge >= 0.3 is 0 Å². The molecule has 4 heteroatoms. The highest BCUT2D eigenvalue weighted by atomic mass is 16.5. The number of pyridine rings is 1. The SMILES string of the molecule is COc1cncc(-c2cc(OCc3ccccc3)ccc2N)c1. The van der Waals surface area contributed by atoms with Crippen LogP contribution >= 0.6 is 0 Å². The molecule has 4 nitrogen and oxygen atoms in total. The van der Waals surface area contributed by atoms with Crippen LogP contribution in [0.15, 0.2) is 67.0 Å². The number of ether oxygens (including phenoxy) is 2. The second-order valence-corrected chi connectivity index (χ2v) is 5.14. The Hall–Kier alpha value is -3.01. The average molecular weight is 306 g/mol. The third-order valence-corrected chi connectivity index (χ3v) is 3.53. The fraction of sp³-hybridized carbons (Fsp3) is 0.105. The zero-order chi connectivity index (χ0) is 16.1. The molecular formula is C19H18N2O2. The first-order valence-electron chi connectivity index (χ1n) is 7.32. The minimum Gasteiger partial charge on any atom is -0.495 e. The van der Waals surface area contributed by atoms with Gasteiger partial charge in [0.1, 0.15) is 18.1 Å². The summed E-state index contributed by atoms with van der Waals surface area (Å²) in [6, 6.07) is 17.6. The highest BCUT2D eigenvalue weighted by Crippen LogP contribution is 2.31. The molecule has 2 N–H and O–H groups in total. The largest absolute Gasteiger partial charge is 0.495 e. The fourth-order valence-corrected chi connectivity index (χ4v) is 2.29. The molecule has 0 fully saturated rings. The quantitative estimate of drug-likeness (QED) is 0.726. The molecule has 3 rings (SSSR count). The number of nitrogens with zero attached hydrogens (tertiary/aromatic N) is 1. The second kappa shape index (κ2) is 6.83. The van der Waals surface area contributed by atoms with Crippen LogP contribution < -0.4 is 15.2 Å². The topological polar surface area (TPSA) is 57.4 Å². The predicted octanol–water partition coefficient (Wildman–Crippen LogP) is 3.92. The fourth-order valence-electron chi connectivity index (χ4n) is 2.29. The molecule has 116 valence electrons. The molecule has 0 aliphatic rings. The van der Waals surface area contributed by atoms with Crippen LogP contribution in [0.4, 0.5) is 5.69 Å². The van der Waals surface area contributed by atoms with E-state index in [9.17, 15) is 0 Å². The van der Waals surface area contributed by atoms with E-state index in [-0.39, 0.29) is 0 Å². The van der Waals surface area contributed by atoms with Gasteiger partial charge in [0.15, 0.2) is 0 Å². The number of benzene rings is 2. The van der Waals surface area contributed by atoms with Crippen LogP contribution in [-0.2, 0) is 6.61 Å². The first kappa shape index (κ1) is 14.9. The number of methoxy groups -OCH3 is 1. The van der Waals surface area contributed by atoms with E-state index in [1.54, 1.807) is 19.5 Å². The van der Waals surface area contributed by atoms with Gasteiger partial charge in [0.2, 0.25) is 0 Å². The van der Waals surface area contributed by atoms with Gasteiger partial charge in [0, 0.05) is 23.0 Å². The van der Waals surface area contributed by atoms with Gasteiger partial charge < -0.3 is 15.2 Å². The zero-order valence-corrected chi connectivity index (χ0v) is 12.9. The van der Waals surface area contributed by atoms with Gasteiger partial charge in [-0.15, -0.1) is 0 Å². The maximum atomic E-state index is 6.10. The molecule has 0 bridgehead atoms. The molecular weight excluding hydrogens is 288 g/mol. The van der Waals surface area contributed by atoms with E-state index in [0.29, 0.717) is 18.0 Å². The summed E-state index contributed by atoms with van der Waals surface area (Å²) in [4.78, 5) is 4.17. The Kier molecular flexibility index (Phi) is 4.43. The number of aromatic nitrogens is 1. The highest BCUT2D eigenvalue weighted by molar-refractivity contribution is 5.77. The van der Waals surface area contributed by atoms with Crippen molar-refractivity contribution >= 4 is 5.69 Å². The normalized spacial score (nSPS) is 10.3. The molecule has 0 atom stereocenters. The molecule has 2 aromatic carbocycles. The summed E-state index contributed by atoms with van der Waals surface area (Å²) in [6.45, 7) is 0.514. The van der Waals surface area contributed by atoms with E-state index in [2.05, 4.69) is 4.98 Å². The van der Waals surface area contributed by atoms with Crippen LogP contribution in [0.1, 0.15) is 5.56 Å². The van der Waals surface area contributed by atoms with E-state index < -0.39 is 0 Å². The van der Waals surface area contributed by atoms with Crippen molar-refractivity contribution in [3.63, 3.8) is 0 Å². The third kappa shape index (κ3) is 3.61. The van der Waals surface area contributed by atoms with Gasteiger partial charge in [-0.2, -0.15) is 0 Å². The van der Waals surface area contributed by atoms with Crippen LogP contribution in [0.5, 0.6) is 11.5 Å². The third-order valence-electron chi connectivity index (χ3n) is 3.53. The Morgan fingerprint density at radius 2 is 1.78 bits per heavy atom. The number of rotatable bonds is 5. The van der Waals surface area contributed by atoms with Gasteiger partial charge in [-0.3, -0.25) is 4.98 Å². The lowest BCUT2D eigenvalue weighted by Crippen LogP contribution is -1.97. The van der Waals surface area contributed by atoms with Crippen LogP contribution in [0.25, 0.3) is 11.1 Å². The predicted molar refractivity (Wildman–Crippen MR) is 91.4 cm³/mol. The summed E-state index contributed by atoms with van der Waals surface area (Å²) in [5.41, 5.74) is 9.66. The standard InChI is InChI=1S/C19H18N2O2/c1-22-17-9-15(11-21-12-17)18-10-16(7-8-19(18)20)23-13-14-5-3-2-4-6-14/h2-12H,13,20H2,1H3. The van der Waals surface area contributed by atoms with Crippen molar-refractivity contribution in [2.24, 2.45) is 0 Å². The lowest BCUT2D eigenvalue weighted by Gasteiger charge is -2.11. The van der Waals surface area contributed by atoms with Crippen LogP contribution in [0, 0.1) is 0 Å². The molecule has 0 aliphatic carbocycles. The van der Waals surface area contributed by atoms with E-state index in [1.165, 1.54) is 0 Å². The van der Waals surface area contributed by atoms with Gasteiger partial charge in [0.25, 0.3) is 0 Å². The van der Waals surface area contributed by atoms with Gasteiger partial charge in [-0.05, 0) is 29.8 Å². The summed E-state index contributed by atoms with van der Waals surface area (Å²) >= 11 is 0. The first-order chi connectivity index (χ1) is 11.3. The molecule has 23 heavy (non-hydrogen) atoms. The van der Waals surface area contributed by atoms with Gasteiger partial charge in [0.05, 0.1) is 13.3 Å². The summed E-state index contributed by atoms with van der Waals surface area (Å²) in [5, 5.41) is 0.